The molecular formula is C20H24N6O3. The molecule has 0 atom stereocenters. The first kappa shape index (κ1) is 19.1. The molecule has 0 saturated heterocycles. The maximum absolute atomic E-state index is 13.4. The van der Waals surface area contributed by atoms with Gasteiger partial charge in [-0.25, -0.2) is 9.80 Å². The summed E-state index contributed by atoms with van der Waals surface area (Å²) in [6.45, 7) is 5.52. The van der Waals surface area contributed by atoms with E-state index in [2.05, 4.69) is 10.1 Å². The molecule has 0 aliphatic carbocycles. The van der Waals surface area contributed by atoms with E-state index in [-0.39, 0.29) is 17.8 Å². The summed E-state index contributed by atoms with van der Waals surface area (Å²) in [5.74, 6) is 0.544. The van der Waals surface area contributed by atoms with Crippen molar-refractivity contribution in [3.8, 4) is 0 Å². The van der Waals surface area contributed by atoms with Gasteiger partial charge < -0.3 is 4.74 Å². The molecule has 0 fully saturated rings. The molecule has 0 spiro atoms. The number of hydrazone groups is 1. The fourth-order valence-corrected chi connectivity index (χ4v) is 3.68. The van der Waals surface area contributed by atoms with Crippen molar-refractivity contribution in [3.63, 3.8) is 0 Å². The van der Waals surface area contributed by atoms with E-state index in [1.165, 1.54) is 9.13 Å². The van der Waals surface area contributed by atoms with Gasteiger partial charge in [-0.2, -0.15) is 10.1 Å². The quantitative estimate of drug-likeness (QED) is 0.645. The lowest BCUT2D eigenvalue weighted by molar-refractivity contribution is 0.205. The van der Waals surface area contributed by atoms with Crippen molar-refractivity contribution >= 4 is 22.8 Å². The van der Waals surface area contributed by atoms with Crippen molar-refractivity contribution in [2.45, 2.75) is 26.9 Å². The van der Waals surface area contributed by atoms with E-state index in [0.717, 1.165) is 16.8 Å². The minimum Gasteiger partial charge on any atom is -0.383 e. The molecule has 29 heavy (non-hydrogen) atoms. The zero-order valence-electron chi connectivity index (χ0n) is 17.0. The minimum atomic E-state index is -0.388. The van der Waals surface area contributed by atoms with E-state index < -0.39 is 0 Å². The van der Waals surface area contributed by atoms with Crippen LogP contribution in [0.25, 0.3) is 11.2 Å². The monoisotopic (exact) mass is 396 g/mol. The second kappa shape index (κ2) is 7.32. The standard InChI is InChI=1S/C20H24N6O3/c1-13-6-5-7-15(10-13)12-25-18(27)16-17(23(3)20(25)28)21-19-24(16)11-14(2)22-26(19)8-9-29-4/h5-7,10H,8-9,11-12H2,1-4H3. The molecule has 4 rings (SSSR count). The Kier molecular flexibility index (Phi) is 4.83. The number of fused-ring (bicyclic) bond motifs is 3. The molecule has 9 heteroatoms. The van der Waals surface area contributed by atoms with Crippen molar-refractivity contribution in [1.82, 2.24) is 18.7 Å². The fourth-order valence-electron chi connectivity index (χ4n) is 3.68. The zero-order valence-corrected chi connectivity index (χ0v) is 17.0. The average molecular weight is 396 g/mol. The topological polar surface area (TPSA) is 86.7 Å². The molecule has 2 aromatic heterocycles. The van der Waals surface area contributed by atoms with Crippen molar-refractivity contribution in [2.24, 2.45) is 12.1 Å². The maximum Gasteiger partial charge on any atom is 0.332 e. The number of rotatable bonds is 5. The Morgan fingerprint density at radius 1 is 1.21 bits per heavy atom. The molecule has 0 amide bonds. The minimum absolute atomic E-state index is 0.212. The number of benzene rings is 1. The largest absolute Gasteiger partial charge is 0.383 e. The number of aromatic nitrogens is 4. The van der Waals surface area contributed by atoms with Crippen LogP contribution in [0, 0.1) is 6.92 Å². The third-order valence-electron chi connectivity index (χ3n) is 5.05. The average Bonchev–Trinajstić information content (AvgIpc) is 3.07. The Morgan fingerprint density at radius 3 is 2.72 bits per heavy atom. The Balaban J connectivity index is 1.90. The molecule has 0 unspecified atom stereocenters. The van der Waals surface area contributed by atoms with Gasteiger partial charge in [0.2, 0.25) is 5.95 Å². The normalized spacial score (nSPS) is 13.7. The highest BCUT2D eigenvalue weighted by molar-refractivity contribution is 5.87. The van der Waals surface area contributed by atoms with E-state index in [1.54, 1.807) is 19.2 Å². The van der Waals surface area contributed by atoms with Crippen LogP contribution < -0.4 is 16.3 Å². The first-order chi connectivity index (χ1) is 13.9. The summed E-state index contributed by atoms with van der Waals surface area (Å²) in [6, 6.07) is 7.80. The SMILES string of the molecule is COCCN1N=C(C)Cn2c1nc1c2c(=O)n(Cc2cccc(C)c2)c(=O)n1C. The number of nitrogens with zero attached hydrogens (tertiary/aromatic N) is 6. The van der Waals surface area contributed by atoms with Crippen LogP contribution in [-0.2, 0) is 24.9 Å². The third-order valence-corrected chi connectivity index (χ3v) is 5.05. The van der Waals surface area contributed by atoms with Crippen LogP contribution in [0.4, 0.5) is 5.95 Å². The highest BCUT2D eigenvalue weighted by Gasteiger charge is 2.26. The van der Waals surface area contributed by atoms with Gasteiger partial charge in [-0.1, -0.05) is 29.8 Å². The van der Waals surface area contributed by atoms with Crippen molar-refractivity contribution in [2.75, 3.05) is 25.3 Å². The molecule has 3 aromatic rings. The number of ether oxygens (including phenoxy) is 1. The summed E-state index contributed by atoms with van der Waals surface area (Å²) < 4.78 is 9.70. The van der Waals surface area contributed by atoms with E-state index in [9.17, 15) is 9.59 Å². The van der Waals surface area contributed by atoms with Gasteiger partial charge in [0.15, 0.2) is 11.2 Å². The second-order valence-electron chi connectivity index (χ2n) is 7.34. The predicted octanol–water partition coefficient (Wildman–Crippen LogP) is 1.10. The Hall–Kier alpha value is -3.20. The number of methoxy groups -OCH3 is 1. The van der Waals surface area contributed by atoms with Gasteiger partial charge in [0.1, 0.15) is 0 Å². The van der Waals surface area contributed by atoms with Crippen LogP contribution in [0.2, 0.25) is 0 Å². The fraction of sp³-hybridized carbons (Fsp3) is 0.400. The lowest BCUT2D eigenvalue weighted by Gasteiger charge is -2.24. The molecule has 9 nitrogen and oxygen atoms in total. The van der Waals surface area contributed by atoms with E-state index in [0.29, 0.717) is 36.8 Å². The molecular weight excluding hydrogens is 372 g/mol. The second-order valence-corrected chi connectivity index (χ2v) is 7.34. The molecule has 1 aliphatic rings. The summed E-state index contributed by atoms with van der Waals surface area (Å²) in [5.41, 5.74) is 2.88. The van der Waals surface area contributed by atoms with Gasteiger partial charge in [-0.3, -0.25) is 18.5 Å². The first-order valence-corrected chi connectivity index (χ1v) is 9.47. The number of hydrogen-bond acceptors (Lipinski definition) is 6. The van der Waals surface area contributed by atoms with Crippen LogP contribution >= 0.6 is 0 Å². The Bertz CT molecular complexity index is 1230. The summed E-state index contributed by atoms with van der Waals surface area (Å²) in [4.78, 5) is 30.9. The smallest absolute Gasteiger partial charge is 0.332 e. The van der Waals surface area contributed by atoms with E-state index in [4.69, 9.17) is 4.74 Å². The zero-order chi connectivity index (χ0) is 20.7. The van der Waals surface area contributed by atoms with Crippen LogP contribution in [0.15, 0.2) is 39.0 Å². The highest BCUT2D eigenvalue weighted by atomic mass is 16.5. The molecule has 0 N–H and O–H groups in total. The van der Waals surface area contributed by atoms with Crippen LogP contribution in [0.3, 0.4) is 0 Å². The third kappa shape index (κ3) is 3.27. The van der Waals surface area contributed by atoms with Crippen molar-refractivity contribution in [3.05, 3.63) is 56.2 Å². The van der Waals surface area contributed by atoms with Crippen LogP contribution in [-0.4, -0.2) is 44.7 Å². The predicted molar refractivity (Wildman–Crippen MR) is 112 cm³/mol. The van der Waals surface area contributed by atoms with Gasteiger partial charge in [0, 0.05) is 14.2 Å². The van der Waals surface area contributed by atoms with Gasteiger partial charge in [0.25, 0.3) is 5.56 Å². The van der Waals surface area contributed by atoms with Gasteiger partial charge in [-0.05, 0) is 19.4 Å². The van der Waals surface area contributed by atoms with Crippen LogP contribution in [0.1, 0.15) is 18.1 Å². The summed E-state index contributed by atoms with van der Waals surface area (Å²) in [6.07, 6.45) is 0. The van der Waals surface area contributed by atoms with Crippen LogP contribution in [0.5, 0.6) is 0 Å². The summed E-state index contributed by atoms with van der Waals surface area (Å²) >= 11 is 0. The number of hydrogen-bond donors (Lipinski definition) is 0. The Morgan fingerprint density at radius 2 is 2.00 bits per heavy atom. The molecule has 152 valence electrons. The molecule has 1 aliphatic heterocycles. The van der Waals surface area contributed by atoms with E-state index >= 15 is 0 Å². The molecule has 1 aromatic carbocycles. The summed E-state index contributed by atoms with van der Waals surface area (Å²) in [5, 5.41) is 6.25. The first-order valence-electron chi connectivity index (χ1n) is 9.47. The van der Waals surface area contributed by atoms with Crippen molar-refractivity contribution < 1.29 is 4.74 Å². The number of aryl methyl sites for hydroxylation is 2. The highest BCUT2D eigenvalue weighted by Crippen LogP contribution is 2.23. The van der Waals surface area contributed by atoms with Gasteiger partial charge >= 0.3 is 5.69 Å². The number of anilines is 1. The lowest BCUT2D eigenvalue weighted by Crippen LogP contribution is -2.40. The maximum atomic E-state index is 13.4. The molecule has 3 heterocycles. The molecule has 0 bridgehead atoms. The molecule has 0 saturated carbocycles. The lowest BCUT2D eigenvalue weighted by atomic mass is 10.1. The molecule has 0 radical (unpaired) electrons. The number of imidazole rings is 1. The van der Waals surface area contributed by atoms with Gasteiger partial charge in [0.05, 0.1) is 32.0 Å². The Labute approximate surface area is 167 Å². The van der Waals surface area contributed by atoms with E-state index in [1.807, 2.05) is 42.7 Å². The van der Waals surface area contributed by atoms with Crippen molar-refractivity contribution in [1.29, 1.82) is 0 Å². The van der Waals surface area contributed by atoms with Gasteiger partial charge in [-0.15, -0.1) is 0 Å². The summed E-state index contributed by atoms with van der Waals surface area (Å²) in [7, 11) is 3.26.